The number of primary sulfonamides is 1. The molecular formula is C13H19N3O3S. The molecule has 2 unspecified atom stereocenters. The molecule has 5 N–H and O–H groups in total. The Morgan fingerprint density at radius 2 is 1.95 bits per heavy atom. The van der Waals surface area contributed by atoms with E-state index in [4.69, 9.17) is 10.9 Å². The van der Waals surface area contributed by atoms with Crippen LogP contribution in [0.5, 0.6) is 0 Å². The zero-order chi connectivity index (χ0) is 15.3. The summed E-state index contributed by atoms with van der Waals surface area (Å²) in [6.07, 6.45) is 1.97. The number of nitrogens with two attached hydrogens (primary N) is 2. The largest absolute Gasteiger partial charge is 0.348 e. The molecular weight excluding hydrogens is 278 g/mol. The van der Waals surface area contributed by atoms with E-state index in [9.17, 15) is 13.2 Å². The lowest BCUT2D eigenvalue weighted by Crippen LogP contribution is -2.41. The maximum absolute atomic E-state index is 11.7. The highest BCUT2D eigenvalue weighted by Gasteiger charge is 2.16. The third-order valence-corrected chi connectivity index (χ3v) is 3.75. The van der Waals surface area contributed by atoms with Gasteiger partial charge in [0.05, 0.1) is 17.0 Å². The highest BCUT2D eigenvalue weighted by molar-refractivity contribution is 7.89. The number of carbonyl (C=O) groups is 1. The third kappa shape index (κ3) is 4.44. The molecule has 0 fully saturated rings. The second kappa shape index (κ2) is 6.65. The van der Waals surface area contributed by atoms with Crippen LogP contribution in [0.1, 0.15) is 24.9 Å². The summed E-state index contributed by atoms with van der Waals surface area (Å²) in [5.74, 6) is -0.284. The van der Waals surface area contributed by atoms with Crippen molar-refractivity contribution in [1.29, 1.82) is 0 Å². The molecule has 20 heavy (non-hydrogen) atoms. The molecule has 0 spiro atoms. The molecule has 1 rings (SSSR count). The first-order valence-electron chi connectivity index (χ1n) is 6.05. The smallest absolute Gasteiger partial charge is 0.238 e. The number of nitrogens with one attached hydrogen (secondary N) is 1. The van der Waals surface area contributed by atoms with Gasteiger partial charge in [-0.25, -0.2) is 13.6 Å². The fraction of sp³-hybridized carbons (Fsp3) is 0.308. The van der Waals surface area contributed by atoms with Gasteiger partial charge >= 0.3 is 0 Å². The summed E-state index contributed by atoms with van der Waals surface area (Å²) in [4.78, 5) is 11.8. The van der Waals surface area contributed by atoms with Crippen molar-refractivity contribution in [1.82, 2.24) is 5.32 Å². The molecule has 1 aromatic carbocycles. The van der Waals surface area contributed by atoms with E-state index in [1.165, 1.54) is 12.1 Å². The van der Waals surface area contributed by atoms with E-state index in [-0.39, 0.29) is 16.8 Å². The lowest BCUT2D eigenvalue weighted by Gasteiger charge is -2.17. The van der Waals surface area contributed by atoms with Gasteiger partial charge in [-0.2, -0.15) is 0 Å². The van der Waals surface area contributed by atoms with Crippen molar-refractivity contribution in [3.05, 3.63) is 42.5 Å². The van der Waals surface area contributed by atoms with Gasteiger partial charge in [0.1, 0.15) is 0 Å². The van der Waals surface area contributed by atoms with Crippen molar-refractivity contribution < 1.29 is 13.2 Å². The van der Waals surface area contributed by atoms with Crippen molar-refractivity contribution in [2.24, 2.45) is 10.9 Å². The van der Waals surface area contributed by atoms with Crippen LogP contribution in [0.3, 0.4) is 0 Å². The SMILES string of the molecule is C=CCC(N)C(=O)NC(C)c1ccc(S(N)(=O)=O)cc1. The minimum atomic E-state index is -3.71. The van der Waals surface area contributed by atoms with Crippen LogP contribution in [-0.2, 0) is 14.8 Å². The Kier molecular flexibility index (Phi) is 5.43. The van der Waals surface area contributed by atoms with E-state index in [2.05, 4.69) is 11.9 Å². The fourth-order valence-corrected chi connectivity index (χ4v) is 2.15. The quantitative estimate of drug-likeness (QED) is 0.660. The maximum atomic E-state index is 11.7. The molecule has 0 bridgehead atoms. The van der Waals surface area contributed by atoms with E-state index in [1.807, 2.05) is 0 Å². The zero-order valence-corrected chi connectivity index (χ0v) is 12.1. The number of hydrogen-bond acceptors (Lipinski definition) is 4. The van der Waals surface area contributed by atoms with Gasteiger partial charge in [0.15, 0.2) is 0 Å². The third-order valence-electron chi connectivity index (χ3n) is 2.82. The monoisotopic (exact) mass is 297 g/mol. The highest BCUT2D eigenvalue weighted by Crippen LogP contribution is 2.15. The van der Waals surface area contributed by atoms with Crippen LogP contribution in [0, 0.1) is 0 Å². The summed E-state index contributed by atoms with van der Waals surface area (Å²) in [5.41, 5.74) is 6.42. The second-order valence-corrected chi connectivity index (χ2v) is 6.04. The topological polar surface area (TPSA) is 115 Å². The lowest BCUT2D eigenvalue weighted by molar-refractivity contribution is -0.122. The standard InChI is InChI=1S/C13H19N3O3S/c1-3-4-12(14)13(17)16-9(2)10-5-7-11(8-6-10)20(15,18)19/h3,5-9,12H,1,4,14H2,2H3,(H,16,17)(H2,15,18,19). The first kappa shape index (κ1) is 16.4. The number of benzene rings is 1. The molecule has 0 saturated heterocycles. The lowest BCUT2D eigenvalue weighted by atomic mass is 10.1. The Morgan fingerprint density at radius 3 is 2.40 bits per heavy atom. The number of amides is 1. The number of sulfonamides is 1. The van der Waals surface area contributed by atoms with Crippen LogP contribution in [0.15, 0.2) is 41.8 Å². The van der Waals surface area contributed by atoms with Gasteiger partial charge in [-0.05, 0) is 31.0 Å². The van der Waals surface area contributed by atoms with Crippen molar-refractivity contribution in [3.8, 4) is 0 Å². The highest BCUT2D eigenvalue weighted by atomic mass is 32.2. The number of carbonyl (C=O) groups excluding carboxylic acids is 1. The molecule has 6 nitrogen and oxygen atoms in total. The molecule has 1 amide bonds. The molecule has 7 heteroatoms. The van der Waals surface area contributed by atoms with Crippen molar-refractivity contribution in [3.63, 3.8) is 0 Å². The minimum absolute atomic E-state index is 0.0307. The van der Waals surface area contributed by atoms with E-state index in [0.717, 1.165) is 5.56 Å². The first-order chi connectivity index (χ1) is 9.25. The molecule has 110 valence electrons. The molecule has 0 aliphatic rings. The van der Waals surface area contributed by atoms with Crippen LogP contribution in [-0.4, -0.2) is 20.4 Å². The predicted molar refractivity (Wildman–Crippen MR) is 77.2 cm³/mol. The molecule has 1 aromatic rings. The van der Waals surface area contributed by atoms with E-state index >= 15 is 0 Å². The Bertz CT molecular complexity index is 581. The maximum Gasteiger partial charge on any atom is 0.238 e. The van der Waals surface area contributed by atoms with Gasteiger partial charge in [-0.3, -0.25) is 4.79 Å². The molecule has 0 aromatic heterocycles. The van der Waals surface area contributed by atoms with E-state index in [1.54, 1.807) is 25.1 Å². The summed E-state index contributed by atoms with van der Waals surface area (Å²) in [5, 5.41) is 7.76. The molecule has 0 heterocycles. The Hall–Kier alpha value is -1.70. The van der Waals surface area contributed by atoms with Crippen LogP contribution >= 0.6 is 0 Å². The van der Waals surface area contributed by atoms with Gasteiger partial charge < -0.3 is 11.1 Å². The van der Waals surface area contributed by atoms with Crippen LogP contribution < -0.4 is 16.2 Å². The van der Waals surface area contributed by atoms with Gasteiger partial charge in [0.2, 0.25) is 15.9 Å². The Morgan fingerprint density at radius 1 is 1.40 bits per heavy atom. The zero-order valence-electron chi connectivity index (χ0n) is 11.2. The van der Waals surface area contributed by atoms with Crippen LogP contribution in [0.2, 0.25) is 0 Å². The van der Waals surface area contributed by atoms with Crippen molar-refractivity contribution in [2.75, 3.05) is 0 Å². The first-order valence-corrected chi connectivity index (χ1v) is 7.60. The second-order valence-electron chi connectivity index (χ2n) is 4.48. The van der Waals surface area contributed by atoms with Gasteiger partial charge in [0.25, 0.3) is 0 Å². The average Bonchev–Trinajstić information content (AvgIpc) is 2.38. The summed E-state index contributed by atoms with van der Waals surface area (Å²) >= 11 is 0. The summed E-state index contributed by atoms with van der Waals surface area (Å²) in [6, 6.07) is 5.08. The molecule has 0 aliphatic carbocycles. The van der Waals surface area contributed by atoms with Gasteiger partial charge in [-0.1, -0.05) is 18.2 Å². The summed E-state index contributed by atoms with van der Waals surface area (Å²) in [7, 11) is -3.71. The normalized spacial score (nSPS) is 14.3. The molecule has 0 aliphatic heterocycles. The molecule has 0 radical (unpaired) electrons. The van der Waals surface area contributed by atoms with Gasteiger partial charge in [-0.15, -0.1) is 6.58 Å². The molecule has 0 saturated carbocycles. The average molecular weight is 297 g/mol. The number of hydrogen-bond donors (Lipinski definition) is 3. The van der Waals surface area contributed by atoms with Crippen molar-refractivity contribution >= 4 is 15.9 Å². The van der Waals surface area contributed by atoms with Crippen LogP contribution in [0.4, 0.5) is 0 Å². The molecule has 2 atom stereocenters. The van der Waals surface area contributed by atoms with Crippen molar-refractivity contribution in [2.45, 2.75) is 30.3 Å². The fourth-order valence-electron chi connectivity index (χ4n) is 1.64. The summed E-state index contributed by atoms with van der Waals surface area (Å²) < 4.78 is 22.3. The Balaban J connectivity index is 2.76. The van der Waals surface area contributed by atoms with E-state index < -0.39 is 16.1 Å². The Labute approximate surface area is 118 Å². The van der Waals surface area contributed by atoms with Crippen LogP contribution in [0.25, 0.3) is 0 Å². The summed E-state index contributed by atoms with van der Waals surface area (Å²) in [6.45, 7) is 5.31. The minimum Gasteiger partial charge on any atom is -0.348 e. The van der Waals surface area contributed by atoms with Gasteiger partial charge in [0, 0.05) is 0 Å². The predicted octanol–water partition coefficient (Wildman–Crippen LogP) is 0.415. The van der Waals surface area contributed by atoms with E-state index in [0.29, 0.717) is 6.42 Å². The number of rotatable bonds is 6.